The van der Waals surface area contributed by atoms with E-state index in [0.29, 0.717) is 0 Å². The van der Waals surface area contributed by atoms with Crippen LogP contribution in [-0.2, 0) is 21.2 Å². The lowest BCUT2D eigenvalue weighted by Crippen LogP contribution is -1.98. The molecule has 0 aliphatic carbocycles. The Morgan fingerprint density at radius 3 is 2.42 bits per heavy atom. The molecule has 1 aromatic rings. The topological polar surface area (TPSA) is 46.2 Å². The molecule has 0 amide bonds. The fourth-order valence-corrected chi connectivity index (χ4v) is 0.771. The molecule has 1 aromatic carbocycles. The van der Waals surface area contributed by atoms with Gasteiger partial charge in [-0.2, -0.15) is 0 Å². The van der Waals surface area contributed by atoms with E-state index >= 15 is 0 Å². The lowest BCUT2D eigenvalue weighted by molar-refractivity contribution is -0.142. The smallest absolute Gasteiger partial charge is 0.302 e. The Bertz CT molecular complexity index is 264. The molecule has 1 radical (unpaired) electrons. The minimum absolute atomic E-state index is 0.0402. The molecule has 0 heterocycles. The van der Waals surface area contributed by atoms with Crippen molar-refractivity contribution < 1.29 is 14.6 Å². The predicted molar refractivity (Wildman–Crippen MR) is 42.0 cm³/mol. The monoisotopic (exact) mass is 165 g/mol. The van der Waals surface area contributed by atoms with E-state index in [0.717, 1.165) is 5.56 Å². The molecule has 0 bridgehead atoms. The second-order valence-corrected chi connectivity index (χ2v) is 2.42. The summed E-state index contributed by atoms with van der Waals surface area (Å²) in [7, 11) is 0. The van der Waals surface area contributed by atoms with E-state index in [1.165, 1.54) is 19.1 Å². The van der Waals surface area contributed by atoms with Gasteiger partial charge >= 0.3 is 5.97 Å². The second-order valence-electron chi connectivity index (χ2n) is 2.42. The Balaban J connectivity index is 2.53. The molecular formula is C9H9O3. The van der Waals surface area contributed by atoms with Gasteiger partial charge in [0.2, 0.25) is 0 Å². The molecular weight excluding hydrogens is 156 g/mol. The molecule has 1 rings (SSSR count). The van der Waals surface area contributed by atoms with Crippen molar-refractivity contribution in [1.29, 1.82) is 0 Å². The van der Waals surface area contributed by atoms with Crippen molar-refractivity contribution in [3.05, 3.63) is 29.8 Å². The van der Waals surface area contributed by atoms with Gasteiger partial charge in [0, 0.05) is 6.92 Å². The van der Waals surface area contributed by atoms with E-state index in [1.807, 2.05) is 0 Å². The Kier molecular flexibility index (Phi) is 2.69. The molecule has 0 spiro atoms. The molecule has 0 saturated heterocycles. The normalized spacial score (nSPS) is 9.42. The van der Waals surface area contributed by atoms with E-state index in [9.17, 15) is 9.90 Å². The highest BCUT2D eigenvalue weighted by Crippen LogP contribution is 2.10. The van der Waals surface area contributed by atoms with Crippen LogP contribution in [0.4, 0.5) is 0 Å². The van der Waals surface area contributed by atoms with Gasteiger partial charge < -0.3 is 4.74 Å². The van der Waals surface area contributed by atoms with Gasteiger partial charge in [-0.25, -0.2) is 0 Å². The number of hydrogen-bond acceptors (Lipinski definition) is 2. The average Bonchev–Trinajstić information content (AvgIpc) is 2.03. The molecule has 12 heavy (non-hydrogen) atoms. The van der Waals surface area contributed by atoms with Crippen LogP contribution in [0.25, 0.3) is 0 Å². The molecule has 0 aliphatic heterocycles. The quantitative estimate of drug-likeness (QED) is 0.628. The van der Waals surface area contributed by atoms with Gasteiger partial charge in [-0.15, -0.1) is 0 Å². The third-order valence-corrected chi connectivity index (χ3v) is 1.37. The Morgan fingerprint density at radius 2 is 1.92 bits per heavy atom. The summed E-state index contributed by atoms with van der Waals surface area (Å²) in [6, 6.07) is 6.17. The van der Waals surface area contributed by atoms with Crippen LogP contribution in [0.3, 0.4) is 0 Å². The molecule has 63 valence electrons. The van der Waals surface area contributed by atoms with Gasteiger partial charge in [0.25, 0.3) is 0 Å². The number of carbonyl (C=O) groups excluding carboxylic acids is 1. The summed E-state index contributed by atoms with van der Waals surface area (Å²) in [5, 5.41) is 10.7. The summed E-state index contributed by atoms with van der Waals surface area (Å²) in [5.74, 6) is -0.359. The van der Waals surface area contributed by atoms with Crippen LogP contribution in [0.1, 0.15) is 12.5 Å². The van der Waals surface area contributed by atoms with Crippen molar-refractivity contribution >= 4 is 5.97 Å². The summed E-state index contributed by atoms with van der Waals surface area (Å²) in [5.41, 5.74) is 0.824. The van der Waals surface area contributed by atoms with Crippen LogP contribution < -0.4 is 0 Å². The SMILES string of the molecule is CC(=O)OCc1ccc([O])cc1. The zero-order valence-corrected chi connectivity index (χ0v) is 6.74. The van der Waals surface area contributed by atoms with Crippen LogP contribution in [0.5, 0.6) is 5.75 Å². The van der Waals surface area contributed by atoms with Gasteiger partial charge in [0.15, 0.2) is 5.75 Å². The van der Waals surface area contributed by atoms with Crippen LogP contribution in [0, 0.1) is 0 Å². The van der Waals surface area contributed by atoms with Crippen LogP contribution in [-0.4, -0.2) is 5.97 Å². The highest BCUT2D eigenvalue weighted by atomic mass is 16.5. The molecule has 0 aliphatic rings. The maximum Gasteiger partial charge on any atom is 0.302 e. The minimum Gasteiger partial charge on any atom is -0.461 e. The maximum absolute atomic E-state index is 10.7. The first kappa shape index (κ1) is 8.59. The van der Waals surface area contributed by atoms with Gasteiger partial charge in [-0.05, 0) is 17.7 Å². The maximum atomic E-state index is 10.7. The highest BCUT2D eigenvalue weighted by Gasteiger charge is 1.96. The number of rotatable bonds is 2. The van der Waals surface area contributed by atoms with Crippen LogP contribution in [0.2, 0.25) is 0 Å². The first-order chi connectivity index (χ1) is 5.68. The van der Waals surface area contributed by atoms with Crippen molar-refractivity contribution in [3.63, 3.8) is 0 Å². The summed E-state index contributed by atoms with van der Waals surface area (Å²) in [6.45, 7) is 1.58. The average molecular weight is 165 g/mol. The van der Waals surface area contributed by atoms with E-state index in [1.54, 1.807) is 12.1 Å². The molecule has 0 saturated carbocycles. The van der Waals surface area contributed by atoms with Crippen LogP contribution >= 0.6 is 0 Å². The zero-order valence-electron chi connectivity index (χ0n) is 6.74. The summed E-state index contributed by atoms with van der Waals surface area (Å²) < 4.78 is 4.73. The first-order valence-corrected chi connectivity index (χ1v) is 3.58. The zero-order chi connectivity index (χ0) is 8.97. The molecule has 0 fully saturated rings. The summed E-state index contributed by atoms with van der Waals surface area (Å²) in [4.78, 5) is 10.4. The Hall–Kier alpha value is -1.51. The van der Waals surface area contributed by atoms with Crippen molar-refractivity contribution in [3.8, 4) is 5.75 Å². The standard InChI is InChI=1S/C9H9O3/c1-7(10)12-6-8-2-4-9(11)5-3-8/h2-5H,6H2,1H3. The largest absolute Gasteiger partial charge is 0.461 e. The van der Waals surface area contributed by atoms with E-state index < -0.39 is 0 Å². The van der Waals surface area contributed by atoms with Gasteiger partial charge in [-0.1, -0.05) is 12.1 Å². The fraction of sp³-hybridized carbons (Fsp3) is 0.222. The van der Waals surface area contributed by atoms with Crippen molar-refractivity contribution in [2.75, 3.05) is 0 Å². The minimum atomic E-state index is -0.318. The third kappa shape index (κ3) is 2.62. The Labute approximate surface area is 70.6 Å². The number of ether oxygens (including phenoxy) is 1. The predicted octanol–water partition coefficient (Wildman–Crippen LogP) is 1.89. The lowest BCUT2D eigenvalue weighted by atomic mass is 10.2. The van der Waals surface area contributed by atoms with Gasteiger partial charge in [0.05, 0.1) is 0 Å². The van der Waals surface area contributed by atoms with Gasteiger partial charge in [-0.3, -0.25) is 9.90 Å². The summed E-state index contributed by atoms with van der Waals surface area (Å²) >= 11 is 0. The van der Waals surface area contributed by atoms with Crippen molar-refractivity contribution in [2.45, 2.75) is 13.5 Å². The number of esters is 1. The van der Waals surface area contributed by atoms with E-state index in [2.05, 4.69) is 0 Å². The van der Waals surface area contributed by atoms with E-state index in [4.69, 9.17) is 4.74 Å². The van der Waals surface area contributed by atoms with Crippen molar-refractivity contribution in [1.82, 2.24) is 0 Å². The molecule has 0 unspecified atom stereocenters. The lowest BCUT2D eigenvalue weighted by Gasteiger charge is -2.00. The van der Waals surface area contributed by atoms with Crippen molar-refractivity contribution in [2.24, 2.45) is 0 Å². The number of carbonyl (C=O) groups is 1. The van der Waals surface area contributed by atoms with Crippen LogP contribution in [0.15, 0.2) is 24.3 Å². The molecule has 0 aromatic heterocycles. The first-order valence-electron chi connectivity index (χ1n) is 3.58. The molecule has 3 heteroatoms. The molecule has 3 nitrogen and oxygen atoms in total. The molecule has 0 N–H and O–H groups in total. The second kappa shape index (κ2) is 3.76. The van der Waals surface area contributed by atoms with Gasteiger partial charge in [0.1, 0.15) is 6.61 Å². The Morgan fingerprint density at radius 1 is 1.33 bits per heavy atom. The summed E-state index contributed by atoms with van der Waals surface area (Å²) in [6.07, 6.45) is 0. The van der Waals surface area contributed by atoms with E-state index in [-0.39, 0.29) is 18.3 Å². The number of hydrogen-bond donors (Lipinski definition) is 0. The highest BCUT2D eigenvalue weighted by molar-refractivity contribution is 5.65. The molecule has 0 atom stereocenters. The third-order valence-electron chi connectivity index (χ3n) is 1.37. The fourth-order valence-electron chi connectivity index (χ4n) is 0.771. The number of benzene rings is 1.